The third-order valence-corrected chi connectivity index (χ3v) is 3.68. The van der Waals surface area contributed by atoms with Crippen LogP contribution < -0.4 is 14.9 Å². The predicted octanol–water partition coefficient (Wildman–Crippen LogP) is 2.78. The fourth-order valence-electron chi connectivity index (χ4n) is 2.39. The third-order valence-electron chi connectivity index (χ3n) is 3.68. The molecule has 0 saturated heterocycles. The zero-order chi connectivity index (χ0) is 16.4. The molecule has 0 amide bonds. The number of methoxy groups -OCH3 is 2. The van der Waals surface area contributed by atoms with Crippen LogP contribution in [0.3, 0.4) is 0 Å². The van der Waals surface area contributed by atoms with Gasteiger partial charge in [0.25, 0.3) is 0 Å². The maximum atomic E-state index is 12.6. The monoisotopic (exact) mass is 309 g/mol. The molecule has 23 heavy (non-hydrogen) atoms. The highest BCUT2D eigenvalue weighted by Crippen LogP contribution is 2.18. The molecule has 0 aliphatic heterocycles. The standard InChI is InChI=1S/C18H15NO4/c1-22-12-5-3-11(4-6-12)17(20)15-10-19-16-8-7-13(23-2)9-14(16)18(15)21/h3-10H,1-2H3,(H,19,21). The first-order valence-corrected chi connectivity index (χ1v) is 7.02. The first-order valence-electron chi connectivity index (χ1n) is 7.02. The zero-order valence-corrected chi connectivity index (χ0v) is 12.8. The zero-order valence-electron chi connectivity index (χ0n) is 12.8. The number of aromatic amines is 1. The lowest BCUT2D eigenvalue weighted by Crippen LogP contribution is -2.16. The number of hydrogen-bond acceptors (Lipinski definition) is 4. The molecule has 0 aliphatic carbocycles. The molecule has 5 heteroatoms. The van der Waals surface area contributed by atoms with Crippen LogP contribution in [0.15, 0.2) is 53.5 Å². The molecule has 0 spiro atoms. The number of hydrogen-bond donors (Lipinski definition) is 1. The third kappa shape index (κ3) is 2.68. The van der Waals surface area contributed by atoms with Crippen LogP contribution in [0.1, 0.15) is 15.9 Å². The summed E-state index contributed by atoms with van der Waals surface area (Å²) < 4.78 is 10.2. The van der Waals surface area contributed by atoms with Crippen LogP contribution in [0.5, 0.6) is 11.5 Å². The second kappa shape index (κ2) is 5.96. The fourth-order valence-corrected chi connectivity index (χ4v) is 2.39. The molecular formula is C18H15NO4. The summed E-state index contributed by atoms with van der Waals surface area (Å²) >= 11 is 0. The molecule has 0 aliphatic rings. The Kier molecular flexibility index (Phi) is 3.85. The van der Waals surface area contributed by atoms with E-state index in [1.165, 1.54) is 13.3 Å². The Morgan fingerprint density at radius 2 is 1.61 bits per heavy atom. The van der Waals surface area contributed by atoms with Gasteiger partial charge in [0.15, 0.2) is 5.78 Å². The predicted molar refractivity (Wildman–Crippen MR) is 87.5 cm³/mol. The second-order valence-electron chi connectivity index (χ2n) is 5.00. The van der Waals surface area contributed by atoms with Gasteiger partial charge in [-0.3, -0.25) is 9.59 Å². The molecule has 3 rings (SSSR count). The van der Waals surface area contributed by atoms with Gasteiger partial charge in [0.2, 0.25) is 5.43 Å². The van der Waals surface area contributed by atoms with Crippen molar-refractivity contribution in [3.63, 3.8) is 0 Å². The number of ketones is 1. The van der Waals surface area contributed by atoms with Crippen molar-refractivity contribution in [3.05, 3.63) is 70.0 Å². The van der Waals surface area contributed by atoms with E-state index in [2.05, 4.69) is 4.98 Å². The molecule has 0 bridgehead atoms. The summed E-state index contributed by atoms with van der Waals surface area (Å²) in [6.45, 7) is 0. The van der Waals surface area contributed by atoms with E-state index in [1.54, 1.807) is 49.6 Å². The highest BCUT2D eigenvalue weighted by molar-refractivity contribution is 6.10. The largest absolute Gasteiger partial charge is 0.497 e. The number of ether oxygens (including phenoxy) is 2. The maximum Gasteiger partial charge on any atom is 0.200 e. The minimum absolute atomic E-state index is 0.0934. The van der Waals surface area contributed by atoms with Gasteiger partial charge < -0.3 is 14.5 Å². The number of aromatic nitrogens is 1. The Labute approximate surface area is 132 Å². The Morgan fingerprint density at radius 1 is 0.957 bits per heavy atom. The van der Waals surface area contributed by atoms with E-state index in [1.807, 2.05) is 0 Å². The van der Waals surface area contributed by atoms with Crippen molar-refractivity contribution in [1.82, 2.24) is 4.98 Å². The molecule has 0 atom stereocenters. The van der Waals surface area contributed by atoms with Crippen LogP contribution in [0.25, 0.3) is 10.9 Å². The van der Waals surface area contributed by atoms with E-state index >= 15 is 0 Å². The van der Waals surface area contributed by atoms with Gasteiger partial charge in [0.05, 0.1) is 19.8 Å². The lowest BCUT2D eigenvalue weighted by Gasteiger charge is -2.06. The van der Waals surface area contributed by atoms with Crippen molar-refractivity contribution in [1.29, 1.82) is 0 Å². The van der Waals surface area contributed by atoms with Crippen molar-refractivity contribution in [2.75, 3.05) is 14.2 Å². The highest BCUT2D eigenvalue weighted by Gasteiger charge is 2.15. The Hall–Kier alpha value is -3.08. The minimum Gasteiger partial charge on any atom is -0.497 e. The summed E-state index contributed by atoms with van der Waals surface area (Å²) in [6, 6.07) is 11.8. The molecule has 0 radical (unpaired) electrons. The van der Waals surface area contributed by atoms with E-state index in [4.69, 9.17) is 9.47 Å². The Balaban J connectivity index is 2.09. The summed E-state index contributed by atoms with van der Waals surface area (Å²) in [7, 11) is 3.08. The second-order valence-corrected chi connectivity index (χ2v) is 5.00. The lowest BCUT2D eigenvalue weighted by molar-refractivity contribution is 0.103. The number of nitrogens with one attached hydrogen (secondary N) is 1. The van der Waals surface area contributed by atoms with Crippen LogP contribution in [0, 0.1) is 0 Å². The molecule has 5 nitrogen and oxygen atoms in total. The van der Waals surface area contributed by atoms with Crippen LogP contribution >= 0.6 is 0 Å². The van der Waals surface area contributed by atoms with Crippen molar-refractivity contribution in [3.8, 4) is 11.5 Å². The summed E-state index contributed by atoms with van der Waals surface area (Å²) in [4.78, 5) is 28.2. The van der Waals surface area contributed by atoms with Gasteiger partial charge in [0.1, 0.15) is 11.5 Å². The number of rotatable bonds is 4. The first-order chi connectivity index (χ1) is 11.1. The van der Waals surface area contributed by atoms with Gasteiger partial charge in [-0.1, -0.05) is 0 Å². The van der Waals surface area contributed by atoms with Crippen LogP contribution in [-0.4, -0.2) is 25.0 Å². The molecule has 0 fully saturated rings. The Bertz CT molecular complexity index is 926. The highest BCUT2D eigenvalue weighted by atomic mass is 16.5. The molecule has 1 N–H and O–H groups in total. The first kappa shape index (κ1) is 14.8. The van der Waals surface area contributed by atoms with Crippen LogP contribution in [0.2, 0.25) is 0 Å². The number of H-pyrrole nitrogens is 1. The molecule has 0 saturated carbocycles. The average Bonchev–Trinajstić information content (AvgIpc) is 2.61. The van der Waals surface area contributed by atoms with Crippen molar-refractivity contribution < 1.29 is 14.3 Å². The molecule has 1 heterocycles. The normalized spacial score (nSPS) is 10.5. The topological polar surface area (TPSA) is 68.4 Å². The van der Waals surface area contributed by atoms with Crippen LogP contribution in [0.4, 0.5) is 0 Å². The van der Waals surface area contributed by atoms with Crippen molar-refractivity contribution >= 4 is 16.7 Å². The van der Waals surface area contributed by atoms with Gasteiger partial charge in [-0.25, -0.2) is 0 Å². The smallest absolute Gasteiger partial charge is 0.200 e. The number of pyridine rings is 1. The molecule has 1 aromatic heterocycles. The van der Waals surface area contributed by atoms with E-state index in [0.717, 1.165) is 0 Å². The van der Waals surface area contributed by atoms with Crippen molar-refractivity contribution in [2.45, 2.75) is 0 Å². The maximum absolute atomic E-state index is 12.6. The van der Waals surface area contributed by atoms with E-state index in [-0.39, 0.29) is 16.8 Å². The molecule has 0 unspecified atom stereocenters. The van der Waals surface area contributed by atoms with E-state index in [0.29, 0.717) is 28.0 Å². The Morgan fingerprint density at radius 3 is 2.26 bits per heavy atom. The number of carbonyl (C=O) groups excluding carboxylic acids is 1. The molecule has 3 aromatic rings. The summed E-state index contributed by atoms with van der Waals surface area (Å²) in [6.07, 6.45) is 1.45. The SMILES string of the molecule is COc1ccc(C(=O)c2c[nH]c3ccc(OC)cc3c2=O)cc1. The van der Waals surface area contributed by atoms with E-state index in [9.17, 15) is 9.59 Å². The van der Waals surface area contributed by atoms with Gasteiger partial charge in [-0.15, -0.1) is 0 Å². The summed E-state index contributed by atoms with van der Waals surface area (Å²) in [5, 5.41) is 0.420. The van der Waals surface area contributed by atoms with Crippen molar-refractivity contribution in [2.24, 2.45) is 0 Å². The molecule has 116 valence electrons. The fraction of sp³-hybridized carbons (Fsp3) is 0.111. The summed E-state index contributed by atoms with van der Waals surface area (Å²) in [5.41, 5.74) is 0.856. The molecular weight excluding hydrogens is 294 g/mol. The summed E-state index contributed by atoms with van der Waals surface area (Å²) in [5.74, 6) is 0.884. The minimum atomic E-state index is -0.335. The lowest BCUT2D eigenvalue weighted by atomic mass is 10.0. The van der Waals surface area contributed by atoms with Gasteiger partial charge in [-0.05, 0) is 42.5 Å². The van der Waals surface area contributed by atoms with Gasteiger partial charge in [-0.2, -0.15) is 0 Å². The van der Waals surface area contributed by atoms with Gasteiger partial charge in [0, 0.05) is 22.7 Å². The number of fused-ring (bicyclic) bond motifs is 1. The quantitative estimate of drug-likeness (QED) is 0.752. The molecule has 2 aromatic carbocycles. The van der Waals surface area contributed by atoms with Crippen LogP contribution in [-0.2, 0) is 0 Å². The van der Waals surface area contributed by atoms with Gasteiger partial charge >= 0.3 is 0 Å². The average molecular weight is 309 g/mol. The van der Waals surface area contributed by atoms with E-state index < -0.39 is 0 Å². The number of benzene rings is 2. The number of carbonyl (C=O) groups is 1.